The molecule has 2 atom stereocenters. The number of hydrogen-bond acceptors (Lipinski definition) is 3. The number of ether oxygens (including phenoxy) is 1. The van der Waals surface area contributed by atoms with Gasteiger partial charge < -0.3 is 4.74 Å². The second-order valence-electron chi connectivity index (χ2n) is 4.24. The van der Waals surface area contributed by atoms with Crippen LogP contribution in [0.15, 0.2) is 24.4 Å². The quantitative estimate of drug-likeness (QED) is 0.708. The van der Waals surface area contributed by atoms with Crippen LogP contribution in [0, 0.1) is 5.92 Å². The van der Waals surface area contributed by atoms with Gasteiger partial charge >= 0.3 is 5.97 Å². The molecule has 1 aromatic rings. The molecule has 0 aromatic carbocycles. The van der Waals surface area contributed by atoms with E-state index in [1.54, 1.807) is 6.20 Å². The zero-order chi connectivity index (χ0) is 12.7. The maximum absolute atomic E-state index is 11.2. The highest BCUT2D eigenvalue weighted by Crippen LogP contribution is 2.30. The molecule has 2 unspecified atom stereocenters. The van der Waals surface area contributed by atoms with Crippen molar-refractivity contribution < 1.29 is 9.53 Å². The summed E-state index contributed by atoms with van der Waals surface area (Å²) in [6.07, 6.45) is 4.65. The van der Waals surface area contributed by atoms with Crippen LogP contribution in [0.3, 0.4) is 0 Å². The monoisotopic (exact) mass is 235 g/mol. The molecule has 1 rings (SSSR count). The fraction of sp³-hybridized carbons (Fsp3) is 0.571. The molecule has 17 heavy (non-hydrogen) atoms. The van der Waals surface area contributed by atoms with E-state index in [0.717, 1.165) is 25.0 Å². The van der Waals surface area contributed by atoms with Gasteiger partial charge in [0.2, 0.25) is 0 Å². The second-order valence-corrected chi connectivity index (χ2v) is 4.24. The van der Waals surface area contributed by atoms with Crippen LogP contribution in [0.2, 0.25) is 0 Å². The third-order valence-corrected chi connectivity index (χ3v) is 2.88. The molecule has 0 amide bonds. The molecular weight excluding hydrogens is 214 g/mol. The number of esters is 1. The van der Waals surface area contributed by atoms with Gasteiger partial charge in [-0.1, -0.05) is 26.3 Å². The molecule has 0 aliphatic rings. The number of carbonyl (C=O) groups excluding carboxylic acids is 1. The van der Waals surface area contributed by atoms with Crippen molar-refractivity contribution in [2.75, 3.05) is 0 Å². The van der Waals surface area contributed by atoms with Crippen LogP contribution >= 0.6 is 0 Å². The predicted molar refractivity (Wildman–Crippen MR) is 67.4 cm³/mol. The first kappa shape index (κ1) is 13.7. The Balaban J connectivity index is 2.89. The maximum atomic E-state index is 11.2. The molecule has 0 fully saturated rings. The number of hydrogen-bond donors (Lipinski definition) is 0. The SMILES string of the molecule is CCCC(CC)C(OC(C)=O)c1ccccn1. The highest BCUT2D eigenvalue weighted by atomic mass is 16.5. The first-order valence-corrected chi connectivity index (χ1v) is 6.27. The normalized spacial score (nSPS) is 14.1. The lowest BCUT2D eigenvalue weighted by Gasteiger charge is -2.25. The lowest BCUT2D eigenvalue weighted by Crippen LogP contribution is -2.19. The van der Waals surface area contributed by atoms with Gasteiger partial charge in [-0.3, -0.25) is 9.78 Å². The van der Waals surface area contributed by atoms with E-state index >= 15 is 0 Å². The first-order valence-electron chi connectivity index (χ1n) is 6.27. The average molecular weight is 235 g/mol. The number of aromatic nitrogens is 1. The minimum Gasteiger partial charge on any atom is -0.456 e. The van der Waals surface area contributed by atoms with Crippen molar-refractivity contribution in [3.63, 3.8) is 0 Å². The number of rotatable bonds is 6. The molecule has 0 aliphatic heterocycles. The Morgan fingerprint density at radius 1 is 1.41 bits per heavy atom. The number of pyridine rings is 1. The van der Waals surface area contributed by atoms with E-state index in [2.05, 4.69) is 18.8 Å². The summed E-state index contributed by atoms with van der Waals surface area (Å²) in [5, 5.41) is 0. The van der Waals surface area contributed by atoms with Crippen LogP contribution < -0.4 is 0 Å². The van der Waals surface area contributed by atoms with Gasteiger partial charge in [0, 0.05) is 19.0 Å². The van der Waals surface area contributed by atoms with Gasteiger partial charge in [-0.05, 0) is 25.0 Å². The summed E-state index contributed by atoms with van der Waals surface area (Å²) in [5.41, 5.74) is 0.850. The lowest BCUT2D eigenvalue weighted by atomic mass is 9.92. The minimum absolute atomic E-state index is 0.210. The smallest absolute Gasteiger partial charge is 0.303 e. The summed E-state index contributed by atoms with van der Waals surface area (Å²) in [6.45, 7) is 5.72. The van der Waals surface area contributed by atoms with Gasteiger partial charge in [-0.2, -0.15) is 0 Å². The van der Waals surface area contributed by atoms with Gasteiger partial charge in [0.15, 0.2) is 0 Å². The Morgan fingerprint density at radius 2 is 2.18 bits per heavy atom. The van der Waals surface area contributed by atoms with Gasteiger partial charge in [0.05, 0.1) is 5.69 Å². The summed E-state index contributed by atoms with van der Waals surface area (Å²) in [5.74, 6) is 0.106. The summed E-state index contributed by atoms with van der Waals surface area (Å²) < 4.78 is 5.44. The molecule has 94 valence electrons. The van der Waals surface area contributed by atoms with Crippen molar-refractivity contribution >= 4 is 5.97 Å². The van der Waals surface area contributed by atoms with E-state index < -0.39 is 0 Å². The number of carbonyl (C=O) groups is 1. The summed E-state index contributed by atoms with van der Waals surface area (Å²) in [7, 11) is 0. The predicted octanol–water partition coefficient (Wildman–Crippen LogP) is 3.51. The van der Waals surface area contributed by atoms with Crippen molar-refractivity contribution in [3.05, 3.63) is 30.1 Å². The molecule has 0 N–H and O–H groups in total. The van der Waals surface area contributed by atoms with Crippen molar-refractivity contribution in [1.29, 1.82) is 0 Å². The van der Waals surface area contributed by atoms with Crippen LogP contribution in [0.1, 0.15) is 51.8 Å². The van der Waals surface area contributed by atoms with Crippen LogP contribution in [-0.4, -0.2) is 11.0 Å². The largest absolute Gasteiger partial charge is 0.456 e. The van der Waals surface area contributed by atoms with Crippen LogP contribution in [0.25, 0.3) is 0 Å². The Bertz CT molecular complexity index is 337. The van der Waals surface area contributed by atoms with E-state index in [1.165, 1.54) is 6.92 Å². The Labute approximate surface area is 103 Å². The fourth-order valence-electron chi connectivity index (χ4n) is 2.06. The molecule has 0 bridgehead atoms. The van der Waals surface area contributed by atoms with Crippen LogP contribution in [0.4, 0.5) is 0 Å². The van der Waals surface area contributed by atoms with Gasteiger partial charge in [0.25, 0.3) is 0 Å². The maximum Gasteiger partial charge on any atom is 0.303 e. The van der Waals surface area contributed by atoms with Gasteiger partial charge in [0.1, 0.15) is 6.10 Å². The molecule has 3 heteroatoms. The molecule has 1 aromatic heterocycles. The Hall–Kier alpha value is -1.38. The van der Waals surface area contributed by atoms with Crippen molar-refractivity contribution in [2.45, 2.75) is 46.1 Å². The average Bonchev–Trinajstić information content (AvgIpc) is 2.34. The van der Waals surface area contributed by atoms with Crippen molar-refractivity contribution in [2.24, 2.45) is 5.92 Å². The molecule has 0 radical (unpaired) electrons. The molecule has 0 aliphatic carbocycles. The molecule has 0 spiro atoms. The van der Waals surface area contributed by atoms with Crippen LogP contribution in [-0.2, 0) is 9.53 Å². The summed E-state index contributed by atoms with van der Waals surface area (Å²) in [6, 6.07) is 5.72. The fourth-order valence-corrected chi connectivity index (χ4v) is 2.06. The van der Waals surface area contributed by atoms with E-state index in [-0.39, 0.29) is 12.1 Å². The molecule has 1 heterocycles. The standard InChI is InChI=1S/C14H21NO2/c1-4-8-12(5-2)14(17-11(3)16)13-9-6-7-10-15-13/h6-7,9-10,12,14H,4-5,8H2,1-3H3. The van der Waals surface area contributed by atoms with Crippen molar-refractivity contribution in [1.82, 2.24) is 4.98 Å². The number of nitrogens with zero attached hydrogens (tertiary/aromatic N) is 1. The highest BCUT2D eigenvalue weighted by molar-refractivity contribution is 5.66. The topological polar surface area (TPSA) is 39.2 Å². The zero-order valence-electron chi connectivity index (χ0n) is 10.8. The molecule has 0 saturated carbocycles. The molecule has 3 nitrogen and oxygen atoms in total. The van der Waals surface area contributed by atoms with E-state index in [9.17, 15) is 4.79 Å². The highest BCUT2D eigenvalue weighted by Gasteiger charge is 2.24. The lowest BCUT2D eigenvalue weighted by molar-refractivity contribution is -0.150. The second kappa shape index (κ2) is 7.05. The van der Waals surface area contributed by atoms with Gasteiger partial charge in [-0.15, -0.1) is 0 Å². The van der Waals surface area contributed by atoms with Gasteiger partial charge in [-0.25, -0.2) is 0 Å². The third kappa shape index (κ3) is 4.17. The zero-order valence-corrected chi connectivity index (χ0v) is 10.8. The van der Waals surface area contributed by atoms with Crippen molar-refractivity contribution in [3.8, 4) is 0 Å². The first-order chi connectivity index (χ1) is 8.19. The van der Waals surface area contributed by atoms with E-state index in [1.807, 2.05) is 18.2 Å². The van der Waals surface area contributed by atoms with E-state index in [4.69, 9.17) is 4.74 Å². The van der Waals surface area contributed by atoms with Crippen LogP contribution in [0.5, 0.6) is 0 Å². The summed E-state index contributed by atoms with van der Waals surface area (Å²) in [4.78, 5) is 15.5. The Morgan fingerprint density at radius 3 is 2.65 bits per heavy atom. The summed E-state index contributed by atoms with van der Waals surface area (Å²) >= 11 is 0. The minimum atomic E-state index is -0.241. The Kier molecular flexibility index (Phi) is 5.67. The third-order valence-electron chi connectivity index (χ3n) is 2.88. The molecule has 0 saturated heterocycles. The van der Waals surface area contributed by atoms with E-state index in [0.29, 0.717) is 5.92 Å². The molecular formula is C14H21NO2.